The highest BCUT2D eigenvalue weighted by molar-refractivity contribution is 5.94. The molecular weight excluding hydrogens is 216 g/mol. The number of carbonyl (C=O) groups excluding carboxylic acids is 1. The van der Waals surface area contributed by atoms with E-state index in [-0.39, 0.29) is 0 Å². The van der Waals surface area contributed by atoms with Crippen LogP contribution in [0, 0.1) is 0 Å². The van der Waals surface area contributed by atoms with E-state index in [0.29, 0.717) is 5.56 Å². The molecule has 0 spiro atoms. The molecule has 1 amide bonds. The summed E-state index contributed by atoms with van der Waals surface area (Å²) in [4.78, 5) is 15.5. The first-order valence-corrected chi connectivity index (χ1v) is 5.75. The Hall–Kier alpha value is -1.46. The van der Waals surface area contributed by atoms with Crippen molar-refractivity contribution in [3.63, 3.8) is 0 Å². The van der Waals surface area contributed by atoms with Crippen LogP contribution in [0.1, 0.15) is 21.6 Å². The SMILES string of the molecule is CNCCc1cc(CCNC)c(C(N)=O)cn1. The summed E-state index contributed by atoms with van der Waals surface area (Å²) in [6, 6.07) is 1.97. The quantitative estimate of drug-likeness (QED) is 0.607. The Labute approximate surface area is 102 Å². The largest absolute Gasteiger partial charge is 0.366 e. The van der Waals surface area contributed by atoms with E-state index < -0.39 is 5.91 Å². The molecule has 0 saturated heterocycles. The molecule has 1 rings (SSSR count). The Morgan fingerprint density at radius 1 is 1.29 bits per heavy atom. The topological polar surface area (TPSA) is 80.0 Å². The Morgan fingerprint density at radius 2 is 1.94 bits per heavy atom. The van der Waals surface area contributed by atoms with Gasteiger partial charge in [-0.2, -0.15) is 0 Å². The number of primary amides is 1. The maximum absolute atomic E-state index is 11.3. The van der Waals surface area contributed by atoms with Gasteiger partial charge in [-0.15, -0.1) is 0 Å². The number of nitrogens with one attached hydrogen (secondary N) is 2. The molecular formula is C12H20N4O. The van der Waals surface area contributed by atoms with E-state index in [1.807, 2.05) is 20.2 Å². The van der Waals surface area contributed by atoms with Gasteiger partial charge in [0.2, 0.25) is 0 Å². The van der Waals surface area contributed by atoms with Gasteiger partial charge in [0, 0.05) is 24.9 Å². The number of carbonyl (C=O) groups is 1. The predicted octanol–water partition coefficient (Wildman–Crippen LogP) is -0.296. The highest BCUT2D eigenvalue weighted by atomic mass is 16.1. The smallest absolute Gasteiger partial charge is 0.250 e. The average Bonchev–Trinajstić information content (AvgIpc) is 2.33. The van der Waals surface area contributed by atoms with Gasteiger partial charge in [-0.05, 0) is 38.7 Å². The Bertz CT molecular complexity index is 379. The number of rotatable bonds is 7. The van der Waals surface area contributed by atoms with Gasteiger partial charge in [-0.1, -0.05) is 0 Å². The normalized spacial score (nSPS) is 10.5. The molecule has 0 aromatic carbocycles. The minimum Gasteiger partial charge on any atom is -0.366 e. The molecule has 5 heteroatoms. The molecule has 4 N–H and O–H groups in total. The minimum absolute atomic E-state index is 0.413. The van der Waals surface area contributed by atoms with Gasteiger partial charge in [0.25, 0.3) is 5.91 Å². The van der Waals surface area contributed by atoms with Crippen molar-refractivity contribution in [1.82, 2.24) is 15.6 Å². The van der Waals surface area contributed by atoms with Crippen LogP contribution in [0.3, 0.4) is 0 Å². The second-order valence-electron chi connectivity index (χ2n) is 3.90. The fourth-order valence-electron chi connectivity index (χ4n) is 1.62. The van der Waals surface area contributed by atoms with E-state index in [1.54, 1.807) is 6.20 Å². The van der Waals surface area contributed by atoms with Crippen LogP contribution in [0.15, 0.2) is 12.3 Å². The lowest BCUT2D eigenvalue weighted by Gasteiger charge is -2.08. The summed E-state index contributed by atoms with van der Waals surface area (Å²) in [5, 5.41) is 6.13. The van der Waals surface area contributed by atoms with E-state index in [4.69, 9.17) is 5.73 Å². The molecule has 0 aliphatic rings. The van der Waals surface area contributed by atoms with Gasteiger partial charge in [0.05, 0.1) is 5.56 Å². The summed E-state index contributed by atoms with van der Waals surface area (Å²) < 4.78 is 0. The van der Waals surface area contributed by atoms with Crippen LogP contribution in [0.25, 0.3) is 0 Å². The van der Waals surface area contributed by atoms with Crippen LogP contribution >= 0.6 is 0 Å². The van der Waals surface area contributed by atoms with Crippen molar-refractivity contribution in [2.75, 3.05) is 27.2 Å². The van der Waals surface area contributed by atoms with E-state index in [0.717, 1.165) is 37.2 Å². The molecule has 5 nitrogen and oxygen atoms in total. The summed E-state index contributed by atoms with van der Waals surface area (Å²) in [5.74, 6) is -0.413. The lowest BCUT2D eigenvalue weighted by Crippen LogP contribution is -2.19. The highest BCUT2D eigenvalue weighted by Gasteiger charge is 2.09. The molecule has 0 atom stereocenters. The molecule has 0 aliphatic carbocycles. The van der Waals surface area contributed by atoms with Crippen LogP contribution in [0.4, 0.5) is 0 Å². The van der Waals surface area contributed by atoms with Gasteiger partial charge in [0.15, 0.2) is 0 Å². The van der Waals surface area contributed by atoms with Crippen LogP contribution in [-0.4, -0.2) is 38.1 Å². The Morgan fingerprint density at radius 3 is 2.53 bits per heavy atom. The summed E-state index contributed by atoms with van der Waals surface area (Å²) in [7, 11) is 3.78. The minimum atomic E-state index is -0.413. The van der Waals surface area contributed by atoms with Crippen molar-refractivity contribution in [2.24, 2.45) is 5.73 Å². The van der Waals surface area contributed by atoms with E-state index >= 15 is 0 Å². The van der Waals surface area contributed by atoms with Gasteiger partial charge in [-0.3, -0.25) is 9.78 Å². The first-order chi connectivity index (χ1) is 8.19. The number of pyridine rings is 1. The number of amides is 1. The van der Waals surface area contributed by atoms with Crippen LogP contribution in [0.2, 0.25) is 0 Å². The Kier molecular flexibility index (Phi) is 5.59. The molecule has 1 aromatic rings. The zero-order valence-corrected chi connectivity index (χ0v) is 10.4. The molecule has 17 heavy (non-hydrogen) atoms. The monoisotopic (exact) mass is 236 g/mol. The third-order valence-electron chi connectivity index (χ3n) is 2.59. The van der Waals surface area contributed by atoms with Crippen molar-refractivity contribution in [1.29, 1.82) is 0 Å². The van der Waals surface area contributed by atoms with Gasteiger partial charge >= 0.3 is 0 Å². The first-order valence-electron chi connectivity index (χ1n) is 5.75. The number of likely N-dealkylation sites (N-methyl/N-ethyl adjacent to an activating group) is 2. The number of nitrogens with zero attached hydrogens (tertiary/aromatic N) is 1. The van der Waals surface area contributed by atoms with E-state index in [9.17, 15) is 4.79 Å². The van der Waals surface area contributed by atoms with Gasteiger partial charge < -0.3 is 16.4 Å². The van der Waals surface area contributed by atoms with Gasteiger partial charge in [0.1, 0.15) is 0 Å². The van der Waals surface area contributed by atoms with Crippen LogP contribution in [-0.2, 0) is 12.8 Å². The molecule has 1 heterocycles. The highest BCUT2D eigenvalue weighted by Crippen LogP contribution is 2.10. The fourth-order valence-corrected chi connectivity index (χ4v) is 1.62. The van der Waals surface area contributed by atoms with Crippen molar-refractivity contribution >= 4 is 5.91 Å². The maximum Gasteiger partial charge on any atom is 0.250 e. The number of hydrogen-bond donors (Lipinski definition) is 3. The third kappa shape index (κ3) is 4.13. The molecule has 0 unspecified atom stereocenters. The van der Waals surface area contributed by atoms with Crippen molar-refractivity contribution in [3.05, 3.63) is 29.1 Å². The van der Waals surface area contributed by atoms with Crippen molar-refractivity contribution < 1.29 is 4.79 Å². The number of aromatic nitrogens is 1. The van der Waals surface area contributed by atoms with E-state index in [2.05, 4.69) is 15.6 Å². The molecule has 0 saturated carbocycles. The third-order valence-corrected chi connectivity index (χ3v) is 2.59. The zero-order chi connectivity index (χ0) is 12.7. The standard InChI is InChI=1S/C12H20N4O/c1-14-5-3-9-7-10(4-6-15-2)16-8-11(9)12(13)17/h7-8,14-15H,3-6H2,1-2H3,(H2,13,17). The Balaban J connectivity index is 2.88. The summed E-state index contributed by atoms with van der Waals surface area (Å²) in [6.45, 7) is 1.68. The molecule has 0 fully saturated rings. The molecule has 94 valence electrons. The fraction of sp³-hybridized carbons (Fsp3) is 0.500. The number of nitrogens with two attached hydrogens (primary N) is 1. The van der Waals surface area contributed by atoms with Crippen molar-refractivity contribution in [3.8, 4) is 0 Å². The molecule has 0 aliphatic heterocycles. The molecule has 1 aromatic heterocycles. The summed E-state index contributed by atoms with van der Waals surface area (Å²) >= 11 is 0. The van der Waals surface area contributed by atoms with Crippen LogP contribution in [0.5, 0.6) is 0 Å². The van der Waals surface area contributed by atoms with Crippen molar-refractivity contribution in [2.45, 2.75) is 12.8 Å². The van der Waals surface area contributed by atoms with Crippen LogP contribution < -0.4 is 16.4 Å². The summed E-state index contributed by atoms with van der Waals surface area (Å²) in [6.07, 6.45) is 3.21. The predicted molar refractivity (Wildman–Crippen MR) is 68.0 cm³/mol. The van der Waals surface area contributed by atoms with Gasteiger partial charge in [-0.25, -0.2) is 0 Å². The maximum atomic E-state index is 11.3. The lowest BCUT2D eigenvalue weighted by atomic mass is 10.0. The lowest BCUT2D eigenvalue weighted by molar-refractivity contribution is 0.0999. The van der Waals surface area contributed by atoms with E-state index in [1.165, 1.54) is 0 Å². The second-order valence-corrected chi connectivity index (χ2v) is 3.90. The number of hydrogen-bond acceptors (Lipinski definition) is 4. The zero-order valence-electron chi connectivity index (χ0n) is 10.4. The summed E-state index contributed by atoms with van der Waals surface area (Å²) in [5.41, 5.74) is 7.79. The first kappa shape index (κ1) is 13.6. The average molecular weight is 236 g/mol. The molecule has 0 bridgehead atoms. The molecule has 0 radical (unpaired) electrons. The second kappa shape index (κ2) is 6.98.